The van der Waals surface area contributed by atoms with Gasteiger partial charge in [-0.25, -0.2) is 4.98 Å². The molecule has 18 heavy (non-hydrogen) atoms. The van der Waals surface area contributed by atoms with Crippen molar-refractivity contribution >= 4 is 29.1 Å². The summed E-state index contributed by atoms with van der Waals surface area (Å²) in [6, 6.07) is 3.15. The molecule has 98 valence electrons. The Balaban J connectivity index is 1.91. The van der Waals surface area contributed by atoms with E-state index in [4.69, 9.17) is 23.2 Å². The van der Waals surface area contributed by atoms with Gasteiger partial charge in [0.2, 0.25) is 0 Å². The number of hydrogen-bond donors (Lipinski definition) is 1. The van der Waals surface area contributed by atoms with Crippen molar-refractivity contribution in [2.24, 2.45) is 5.92 Å². The van der Waals surface area contributed by atoms with E-state index in [1.807, 2.05) is 0 Å². The molecule has 0 spiro atoms. The number of likely N-dealkylation sites (tertiary alicyclic amines) is 1. The largest absolute Gasteiger partial charge is 0.352 e. The lowest BCUT2D eigenvalue weighted by atomic mass is 10.1. The minimum atomic E-state index is -0.196. The van der Waals surface area contributed by atoms with E-state index < -0.39 is 0 Å². The second-order valence-electron chi connectivity index (χ2n) is 4.60. The van der Waals surface area contributed by atoms with Gasteiger partial charge in [0.05, 0.1) is 5.56 Å². The maximum absolute atomic E-state index is 11.9. The van der Waals surface area contributed by atoms with Crippen LogP contribution in [0.3, 0.4) is 0 Å². The normalized spacial score (nSPS) is 20.1. The van der Waals surface area contributed by atoms with E-state index in [-0.39, 0.29) is 16.2 Å². The maximum atomic E-state index is 11.9. The molecule has 0 aromatic carbocycles. The number of pyridine rings is 1. The fourth-order valence-electron chi connectivity index (χ4n) is 2.11. The van der Waals surface area contributed by atoms with Crippen molar-refractivity contribution in [3.05, 3.63) is 28.0 Å². The Kier molecular flexibility index (Phi) is 4.43. The van der Waals surface area contributed by atoms with Gasteiger partial charge >= 0.3 is 0 Å². The lowest BCUT2D eigenvalue weighted by Gasteiger charge is -2.12. The summed E-state index contributed by atoms with van der Waals surface area (Å²) >= 11 is 11.6. The first kappa shape index (κ1) is 13.6. The average molecular weight is 288 g/mol. The highest BCUT2D eigenvalue weighted by Crippen LogP contribution is 2.17. The van der Waals surface area contributed by atoms with E-state index in [1.165, 1.54) is 0 Å². The molecule has 0 bridgehead atoms. The topological polar surface area (TPSA) is 45.2 Å². The molecule has 0 saturated carbocycles. The Bertz CT molecular complexity index is 453. The average Bonchev–Trinajstić information content (AvgIpc) is 2.72. The fourth-order valence-corrected chi connectivity index (χ4v) is 2.54. The molecule has 0 radical (unpaired) electrons. The minimum absolute atomic E-state index is 0.142. The molecule has 1 N–H and O–H groups in total. The predicted octanol–water partition coefficient (Wildman–Crippen LogP) is 2.07. The van der Waals surface area contributed by atoms with Crippen LogP contribution in [0.15, 0.2) is 12.1 Å². The molecule has 1 fully saturated rings. The fraction of sp³-hybridized carbons (Fsp3) is 0.500. The first-order valence-corrected chi connectivity index (χ1v) is 6.60. The van der Waals surface area contributed by atoms with E-state index in [0.717, 1.165) is 19.5 Å². The van der Waals surface area contributed by atoms with E-state index >= 15 is 0 Å². The molecule has 6 heteroatoms. The molecule has 1 aliphatic rings. The van der Waals surface area contributed by atoms with Crippen LogP contribution in [0, 0.1) is 5.92 Å². The minimum Gasteiger partial charge on any atom is -0.352 e. The number of rotatable bonds is 3. The van der Waals surface area contributed by atoms with Crippen molar-refractivity contribution in [2.45, 2.75) is 6.42 Å². The quantitative estimate of drug-likeness (QED) is 0.866. The van der Waals surface area contributed by atoms with Crippen LogP contribution in [0.5, 0.6) is 0 Å². The summed E-state index contributed by atoms with van der Waals surface area (Å²) in [5.41, 5.74) is 0.368. The van der Waals surface area contributed by atoms with E-state index in [0.29, 0.717) is 18.0 Å². The molecule has 2 rings (SSSR count). The van der Waals surface area contributed by atoms with E-state index in [9.17, 15) is 4.79 Å². The highest BCUT2D eigenvalue weighted by Gasteiger charge is 2.20. The maximum Gasteiger partial charge on any atom is 0.254 e. The molecule has 1 atom stereocenters. The summed E-state index contributed by atoms with van der Waals surface area (Å²) in [4.78, 5) is 18.0. The van der Waals surface area contributed by atoms with Crippen LogP contribution in [-0.4, -0.2) is 42.5 Å². The van der Waals surface area contributed by atoms with Crippen LogP contribution < -0.4 is 5.32 Å². The summed E-state index contributed by atoms with van der Waals surface area (Å²) in [6.07, 6.45) is 1.11. The van der Waals surface area contributed by atoms with Crippen LogP contribution in [-0.2, 0) is 0 Å². The van der Waals surface area contributed by atoms with Gasteiger partial charge in [0.1, 0.15) is 10.3 Å². The second-order valence-corrected chi connectivity index (χ2v) is 5.34. The smallest absolute Gasteiger partial charge is 0.254 e. The monoisotopic (exact) mass is 287 g/mol. The molecule has 1 aromatic heterocycles. The van der Waals surface area contributed by atoms with Crippen molar-refractivity contribution in [1.82, 2.24) is 15.2 Å². The van der Waals surface area contributed by atoms with E-state index in [2.05, 4.69) is 22.2 Å². The van der Waals surface area contributed by atoms with Crippen molar-refractivity contribution < 1.29 is 4.79 Å². The van der Waals surface area contributed by atoms with Crippen molar-refractivity contribution in [3.63, 3.8) is 0 Å². The summed E-state index contributed by atoms with van der Waals surface area (Å²) in [5, 5.41) is 3.32. The zero-order chi connectivity index (χ0) is 13.1. The molecule has 1 aliphatic heterocycles. The van der Waals surface area contributed by atoms with Crippen LogP contribution >= 0.6 is 23.2 Å². The molecular weight excluding hydrogens is 273 g/mol. The molecule has 4 nitrogen and oxygen atoms in total. The van der Waals surface area contributed by atoms with E-state index in [1.54, 1.807) is 12.1 Å². The first-order valence-electron chi connectivity index (χ1n) is 5.85. The number of aromatic nitrogens is 1. The Morgan fingerprint density at radius 3 is 2.94 bits per heavy atom. The lowest BCUT2D eigenvalue weighted by molar-refractivity contribution is 0.0947. The van der Waals surface area contributed by atoms with Gasteiger partial charge in [0.25, 0.3) is 5.91 Å². The number of nitrogens with zero attached hydrogens (tertiary/aromatic N) is 2. The Hall–Kier alpha value is -0.840. The van der Waals surface area contributed by atoms with Crippen LogP contribution in [0.1, 0.15) is 16.8 Å². The van der Waals surface area contributed by atoms with Gasteiger partial charge in [-0.15, -0.1) is 0 Å². The molecule has 1 unspecified atom stereocenters. The molecule has 1 aromatic rings. The highest BCUT2D eigenvalue weighted by atomic mass is 35.5. The summed E-state index contributed by atoms with van der Waals surface area (Å²) in [7, 11) is 2.09. The number of halogens is 2. The first-order chi connectivity index (χ1) is 8.56. The third-order valence-electron chi connectivity index (χ3n) is 3.10. The summed E-state index contributed by atoms with van der Waals surface area (Å²) in [6.45, 7) is 2.78. The van der Waals surface area contributed by atoms with Gasteiger partial charge in [-0.05, 0) is 38.1 Å². The SMILES string of the molecule is CN1CCC(CNC(=O)c2ccc(Cl)nc2Cl)C1. The summed E-state index contributed by atoms with van der Waals surface area (Å²) in [5.74, 6) is 0.316. The standard InChI is InChI=1S/C12H15Cl2N3O/c1-17-5-4-8(7-17)6-15-12(18)9-2-3-10(13)16-11(9)14/h2-3,8H,4-7H2,1H3,(H,15,18). The van der Waals surface area contributed by atoms with Crippen molar-refractivity contribution in [3.8, 4) is 0 Å². The van der Waals surface area contributed by atoms with Gasteiger partial charge in [-0.2, -0.15) is 0 Å². The van der Waals surface area contributed by atoms with Crippen molar-refractivity contribution in [2.75, 3.05) is 26.7 Å². The number of hydrogen-bond acceptors (Lipinski definition) is 3. The molecule has 0 aliphatic carbocycles. The lowest BCUT2D eigenvalue weighted by Crippen LogP contribution is -2.30. The number of carbonyl (C=O) groups excluding carboxylic acids is 1. The number of nitrogens with one attached hydrogen (secondary N) is 1. The van der Waals surface area contributed by atoms with Gasteiger partial charge in [0.15, 0.2) is 0 Å². The zero-order valence-electron chi connectivity index (χ0n) is 10.1. The Morgan fingerprint density at radius 2 is 2.33 bits per heavy atom. The molecule has 2 heterocycles. The Morgan fingerprint density at radius 1 is 1.56 bits per heavy atom. The summed E-state index contributed by atoms with van der Waals surface area (Å²) < 4.78 is 0. The molecular formula is C12H15Cl2N3O. The molecule has 1 saturated heterocycles. The third kappa shape index (κ3) is 3.34. The predicted molar refractivity (Wildman–Crippen MR) is 72.2 cm³/mol. The van der Waals surface area contributed by atoms with Crippen LogP contribution in [0.4, 0.5) is 0 Å². The highest BCUT2D eigenvalue weighted by molar-refractivity contribution is 6.34. The third-order valence-corrected chi connectivity index (χ3v) is 3.60. The van der Waals surface area contributed by atoms with Gasteiger partial charge < -0.3 is 10.2 Å². The zero-order valence-corrected chi connectivity index (χ0v) is 11.6. The van der Waals surface area contributed by atoms with Crippen LogP contribution in [0.25, 0.3) is 0 Å². The van der Waals surface area contributed by atoms with Crippen molar-refractivity contribution in [1.29, 1.82) is 0 Å². The second kappa shape index (κ2) is 5.87. The Labute approximate surface area is 116 Å². The van der Waals surface area contributed by atoms with Crippen LogP contribution in [0.2, 0.25) is 10.3 Å². The molecule has 1 amide bonds. The number of amides is 1. The number of carbonyl (C=O) groups is 1. The van der Waals surface area contributed by atoms with Gasteiger partial charge in [-0.1, -0.05) is 23.2 Å². The van der Waals surface area contributed by atoms with Gasteiger partial charge in [-0.3, -0.25) is 4.79 Å². The van der Waals surface area contributed by atoms with Gasteiger partial charge in [0, 0.05) is 13.1 Å².